The first-order valence-electron chi connectivity index (χ1n) is 9.11. The molecule has 3 heteroatoms. The number of aliphatic carboxylic acids is 1. The van der Waals surface area contributed by atoms with Crippen molar-refractivity contribution in [2.75, 3.05) is 6.54 Å². The lowest BCUT2D eigenvalue weighted by atomic mass is 9.86. The van der Waals surface area contributed by atoms with Crippen LogP contribution in [0.1, 0.15) is 68.9 Å². The van der Waals surface area contributed by atoms with Gasteiger partial charge in [0.25, 0.3) is 0 Å². The number of nitrogens with one attached hydrogen (secondary N) is 1. The molecule has 2 aliphatic carbocycles. The van der Waals surface area contributed by atoms with Crippen molar-refractivity contribution in [3.05, 3.63) is 35.4 Å². The van der Waals surface area contributed by atoms with Crippen molar-refractivity contribution in [2.24, 2.45) is 11.8 Å². The normalized spacial score (nSPS) is 30.4. The van der Waals surface area contributed by atoms with E-state index in [0.29, 0.717) is 23.8 Å². The van der Waals surface area contributed by atoms with Crippen LogP contribution in [0.25, 0.3) is 0 Å². The third-order valence-corrected chi connectivity index (χ3v) is 5.91. The average molecular weight is 315 g/mol. The van der Waals surface area contributed by atoms with E-state index in [1.54, 1.807) is 5.56 Å². The van der Waals surface area contributed by atoms with Crippen LogP contribution in [0.15, 0.2) is 24.3 Å². The highest BCUT2D eigenvalue weighted by atomic mass is 16.4. The summed E-state index contributed by atoms with van der Waals surface area (Å²) in [5.74, 6) is 1.24. The molecule has 2 N–H and O–H groups in total. The lowest BCUT2D eigenvalue weighted by Crippen LogP contribution is -2.36. The number of hydrogen-bond acceptors (Lipinski definition) is 2. The molecule has 1 saturated carbocycles. The van der Waals surface area contributed by atoms with E-state index in [1.807, 2.05) is 0 Å². The number of carbonyl (C=O) groups is 1. The van der Waals surface area contributed by atoms with Crippen molar-refractivity contribution >= 4 is 5.97 Å². The first-order valence-corrected chi connectivity index (χ1v) is 9.11. The Morgan fingerprint density at radius 1 is 1.17 bits per heavy atom. The third-order valence-electron chi connectivity index (χ3n) is 5.91. The summed E-state index contributed by atoms with van der Waals surface area (Å²) >= 11 is 0. The van der Waals surface area contributed by atoms with Crippen molar-refractivity contribution in [2.45, 2.75) is 63.8 Å². The number of carboxylic acids is 1. The van der Waals surface area contributed by atoms with E-state index in [4.69, 9.17) is 5.11 Å². The molecular formula is C20H29NO2. The van der Waals surface area contributed by atoms with Gasteiger partial charge in [0.2, 0.25) is 0 Å². The molecule has 126 valence electrons. The summed E-state index contributed by atoms with van der Waals surface area (Å²) in [5.41, 5.74) is 3.07. The topological polar surface area (TPSA) is 49.3 Å². The zero-order chi connectivity index (χ0) is 16.4. The second kappa shape index (κ2) is 7.04. The van der Waals surface area contributed by atoms with Crippen LogP contribution < -0.4 is 5.32 Å². The molecule has 0 aromatic heterocycles. The Labute approximate surface area is 139 Å². The highest BCUT2D eigenvalue weighted by molar-refractivity contribution is 5.70. The van der Waals surface area contributed by atoms with Crippen molar-refractivity contribution in [1.29, 1.82) is 0 Å². The summed E-state index contributed by atoms with van der Waals surface area (Å²) in [5, 5.41) is 12.8. The zero-order valence-corrected chi connectivity index (χ0v) is 14.3. The van der Waals surface area contributed by atoms with E-state index in [1.165, 1.54) is 12.0 Å². The number of benzene rings is 1. The summed E-state index contributed by atoms with van der Waals surface area (Å²) in [6.45, 7) is 5.68. The molecule has 23 heavy (non-hydrogen) atoms. The molecule has 3 rings (SSSR count). The van der Waals surface area contributed by atoms with Gasteiger partial charge < -0.3 is 10.4 Å². The zero-order valence-electron chi connectivity index (χ0n) is 14.3. The molecule has 0 spiro atoms. The van der Waals surface area contributed by atoms with Gasteiger partial charge >= 0.3 is 5.97 Å². The number of rotatable bonds is 5. The molecule has 1 fully saturated rings. The quantitative estimate of drug-likeness (QED) is 0.858. The van der Waals surface area contributed by atoms with Gasteiger partial charge in [-0.3, -0.25) is 4.79 Å². The highest BCUT2D eigenvalue weighted by Crippen LogP contribution is 2.45. The van der Waals surface area contributed by atoms with Gasteiger partial charge in [0.1, 0.15) is 0 Å². The van der Waals surface area contributed by atoms with Gasteiger partial charge in [0.15, 0.2) is 0 Å². The molecule has 0 bridgehead atoms. The standard InChI is InChI=1S/C20H29NO2/c1-13(2)19-11-15(17-5-3-4-6-18(17)19)12-21-16-9-7-14(8-10-16)20(22)23/h3-6,13-16,19,21H,7-12H2,1-2H3,(H,22,23)/t14?,15-,16?,19-/m0/s1. The molecular weight excluding hydrogens is 286 g/mol. The maximum atomic E-state index is 11.0. The Hall–Kier alpha value is -1.35. The van der Waals surface area contributed by atoms with Crippen LogP contribution >= 0.6 is 0 Å². The Morgan fingerprint density at radius 2 is 1.83 bits per heavy atom. The van der Waals surface area contributed by atoms with Gasteiger partial charge in [-0.2, -0.15) is 0 Å². The van der Waals surface area contributed by atoms with E-state index in [9.17, 15) is 4.79 Å². The van der Waals surface area contributed by atoms with Crippen molar-refractivity contribution in [3.8, 4) is 0 Å². The largest absolute Gasteiger partial charge is 0.481 e. The minimum atomic E-state index is -0.618. The molecule has 3 nitrogen and oxygen atoms in total. The second-order valence-electron chi connectivity index (χ2n) is 7.71. The SMILES string of the molecule is CC(C)[C@@H]1C[C@@H](CNC2CCC(C(=O)O)CC2)c2ccccc21. The Bertz CT molecular complexity index is 546. The van der Waals surface area contributed by atoms with Gasteiger partial charge in [-0.15, -0.1) is 0 Å². The summed E-state index contributed by atoms with van der Waals surface area (Å²) in [4.78, 5) is 11.0. The van der Waals surface area contributed by atoms with Gasteiger partial charge in [0.05, 0.1) is 5.92 Å². The van der Waals surface area contributed by atoms with Crippen LogP contribution in [0.2, 0.25) is 0 Å². The summed E-state index contributed by atoms with van der Waals surface area (Å²) in [6.07, 6.45) is 4.89. The molecule has 2 aliphatic rings. The molecule has 0 aliphatic heterocycles. The van der Waals surface area contributed by atoms with Crippen LogP contribution in [-0.4, -0.2) is 23.7 Å². The molecule has 2 atom stereocenters. The first-order chi connectivity index (χ1) is 11.1. The molecule has 0 saturated heterocycles. The van der Waals surface area contributed by atoms with Gasteiger partial charge in [-0.05, 0) is 61.0 Å². The fourth-order valence-electron chi connectivity index (χ4n) is 4.46. The Kier molecular flexibility index (Phi) is 5.05. The summed E-state index contributed by atoms with van der Waals surface area (Å²) in [7, 11) is 0. The van der Waals surface area contributed by atoms with Crippen LogP contribution in [-0.2, 0) is 4.79 Å². The number of carboxylic acid groups (broad SMARTS) is 1. The molecule has 1 aromatic rings. The predicted octanol–water partition coefficient (Wildman–Crippen LogP) is 4.15. The summed E-state index contributed by atoms with van der Waals surface area (Å²) < 4.78 is 0. The summed E-state index contributed by atoms with van der Waals surface area (Å²) in [6, 6.07) is 9.42. The Balaban J connectivity index is 1.56. The van der Waals surface area contributed by atoms with Crippen molar-refractivity contribution in [1.82, 2.24) is 5.32 Å². The van der Waals surface area contributed by atoms with Crippen LogP contribution in [0.5, 0.6) is 0 Å². The smallest absolute Gasteiger partial charge is 0.306 e. The number of fused-ring (bicyclic) bond motifs is 1. The molecule has 1 aromatic carbocycles. The van der Waals surface area contributed by atoms with Gasteiger partial charge in [-0.25, -0.2) is 0 Å². The minimum absolute atomic E-state index is 0.120. The van der Waals surface area contributed by atoms with Crippen molar-refractivity contribution in [3.63, 3.8) is 0 Å². The molecule has 0 amide bonds. The average Bonchev–Trinajstić information content (AvgIpc) is 2.92. The molecule has 0 heterocycles. The van der Waals surface area contributed by atoms with E-state index in [0.717, 1.165) is 32.2 Å². The van der Waals surface area contributed by atoms with Crippen molar-refractivity contribution < 1.29 is 9.90 Å². The molecule has 0 radical (unpaired) electrons. The highest BCUT2D eigenvalue weighted by Gasteiger charge is 2.33. The van der Waals surface area contributed by atoms with Crippen LogP contribution in [0.4, 0.5) is 0 Å². The minimum Gasteiger partial charge on any atom is -0.481 e. The van der Waals surface area contributed by atoms with Crippen LogP contribution in [0, 0.1) is 11.8 Å². The maximum absolute atomic E-state index is 11.0. The second-order valence-corrected chi connectivity index (χ2v) is 7.71. The fourth-order valence-corrected chi connectivity index (χ4v) is 4.46. The van der Waals surface area contributed by atoms with E-state index in [2.05, 4.69) is 43.4 Å². The van der Waals surface area contributed by atoms with Gasteiger partial charge in [-0.1, -0.05) is 38.1 Å². The Morgan fingerprint density at radius 3 is 2.43 bits per heavy atom. The maximum Gasteiger partial charge on any atom is 0.306 e. The predicted molar refractivity (Wildman–Crippen MR) is 92.8 cm³/mol. The van der Waals surface area contributed by atoms with E-state index < -0.39 is 5.97 Å². The van der Waals surface area contributed by atoms with Crippen LogP contribution in [0.3, 0.4) is 0 Å². The lowest BCUT2D eigenvalue weighted by molar-refractivity contribution is -0.142. The fraction of sp³-hybridized carbons (Fsp3) is 0.650. The molecule has 0 unspecified atom stereocenters. The van der Waals surface area contributed by atoms with E-state index >= 15 is 0 Å². The lowest BCUT2D eigenvalue weighted by Gasteiger charge is -2.28. The van der Waals surface area contributed by atoms with Gasteiger partial charge in [0, 0.05) is 12.6 Å². The third kappa shape index (κ3) is 3.60. The first kappa shape index (κ1) is 16.5. The number of hydrogen-bond donors (Lipinski definition) is 2. The monoisotopic (exact) mass is 315 g/mol. The van der Waals surface area contributed by atoms with E-state index in [-0.39, 0.29) is 5.92 Å².